The predicted molar refractivity (Wildman–Crippen MR) is 77.5 cm³/mol. The van der Waals surface area contributed by atoms with Crippen LogP contribution in [0.1, 0.15) is 26.3 Å². The van der Waals surface area contributed by atoms with E-state index in [2.05, 4.69) is 5.32 Å². The second kappa shape index (κ2) is 6.07. The lowest BCUT2D eigenvalue weighted by Crippen LogP contribution is -2.12. The van der Waals surface area contributed by atoms with Gasteiger partial charge in [0, 0.05) is 11.3 Å². The summed E-state index contributed by atoms with van der Waals surface area (Å²) in [4.78, 5) is 23.0. The summed E-state index contributed by atoms with van der Waals surface area (Å²) in [5.41, 5.74) is 0.884. The summed E-state index contributed by atoms with van der Waals surface area (Å²) in [6.45, 7) is 0. The highest BCUT2D eigenvalue weighted by atomic mass is 35.5. The lowest BCUT2D eigenvalue weighted by atomic mass is 10.1. The molecule has 0 aliphatic heterocycles. The van der Waals surface area contributed by atoms with Crippen LogP contribution >= 0.6 is 11.6 Å². The summed E-state index contributed by atoms with van der Waals surface area (Å²) in [6.07, 6.45) is 0. The average molecular weight is 301 g/mol. The second-order valence-electron chi connectivity index (χ2n) is 4.15. The molecule has 2 aromatic rings. The number of carbonyl (C=O) groups excluding carboxylic acids is 1. The number of carboxylic acid groups (broad SMARTS) is 1. The average Bonchev–Trinajstić information content (AvgIpc) is 2.49. The monoisotopic (exact) mass is 300 g/mol. The molecule has 0 aliphatic rings. The first-order valence-electron chi connectivity index (χ1n) is 5.85. The van der Waals surface area contributed by atoms with E-state index in [1.807, 2.05) is 6.07 Å². The van der Waals surface area contributed by atoms with Crippen molar-refractivity contribution in [1.29, 1.82) is 5.26 Å². The molecule has 0 bridgehead atoms. The van der Waals surface area contributed by atoms with Gasteiger partial charge in [0.25, 0.3) is 5.91 Å². The first kappa shape index (κ1) is 14.6. The first-order chi connectivity index (χ1) is 10.0. The lowest BCUT2D eigenvalue weighted by Gasteiger charge is -2.07. The topological polar surface area (TPSA) is 90.2 Å². The van der Waals surface area contributed by atoms with E-state index >= 15 is 0 Å². The Hall–Kier alpha value is -2.84. The number of nitrogens with one attached hydrogen (secondary N) is 1. The Labute approximate surface area is 125 Å². The number of amides is 1. The summed E-state index contributed by atoms with van der Waals surface area (Å²) in [7, 11) is 0. The molecule has 0 fully saturated rings. The summed E-state index contributed by atoms with van der Waals surface area (Å²) in [5, 5.41) is 20.4. The Kier molecular flexibility index (Phi) is 4.21. The minimum absolute atomic E-state index is 0.0898. The van der Waals surface area contributed by atoms with Crippen LogP contribution in [0.2, 0.25) is 5.02 Å². The summed E-state index contributed by atoms with van der Waals surface area (Å²) < 4.78 is 0. The Morgan fingerprint density at radius 1 is 1.19 bits per heavy atom. The molecule has 0 aliphatic carbocycles. The van der Waals surface area contributed by atoms with Gasteiger partial charge >= 0.3 is 5.97 Å². The molecule has 21 heavy (non-hydrogen) atoms. The van der Waals surface area contributed by atoms with E-state index in [0.717, 1.165) is 0 Å². The van der Waals surface area contributed by atoms with Crippen LogP contribution in [-0.4, -0.2) is 17.0 Å². The van der Waals surface area contributed by atoms with Gasteiger partial charge in [-0.1, -0.05) is 17.7 Å². The fraction of sp³-hybridized carbons (Fsp3) is 0. The van der Waals surface area contributed by atoms with E-state index in [0.29, 0.717) is 16.8 Å². The Balaban J connectivity index is 2.25. The fourth-order valence-corrected chi connectivity index (χ4v) is 1.90. The maximum Gasteiger partial charge on any atom is 0.337 e. The zero-order valence-electron chi connectivity index (χ0n) is 10.6. The normalized spacial score (nSPS) is 9.71. The van der Waals surface area contributed by atoms with Crippen LogP contribution in [0.5, 0.6) is 0 Å². The molecule has 0 heterocycles. The van der Waals surface area contributed by atoms with Crippen LogP contribution in [-0.2, 0) is 0 Å². The highest BCUT2D eigenvalue weighted by molar-refractivity contribution is 6.33. The van der Waals surface area contributed by atoms with Crippen molar-refractivity contribution in [2.24, 2.45) is 0 Å². The number of halogens is 1. The number of hydrogen-bond donors (Lipinski definition) is 2. The second-order valence-corrected chi connectivity index (χ2v) is 4.55. The van der Waals surface area contributed by atoms with Crippen LogP contribution < -0.4 is 5.32 Å². The molecule has 0 radical (unpaired) electrons. The van der Waals surface area contributed by atoms with E-state index in [1.165, 1.54) is 24.3 Å². The van der Waals surface area contributed by atoms with Gasteiger partial charge < -0.3 is 10.4 Å². The van der Waals surface area contributed by atoms with Gasteiger partial charge in [-0.2, -0.15) is 5.26 Å². The number of carbonyl (C=O) groups is 2. The largest absolute Gasteiger partial charge is 0.478 e. The molecule has 104 valence electrons. The Morgan fingerprint density at radius 3 is 2.62 bits per heavy atom. The number of anilines is 1. The molecule has 0 saturated heterocycles. The molecule has 2 aromatic carbocycles. The highest BCUT2D eigenvalue weighted by Gasteiger charge is 2.12. The number of aromatic carboxylic acids is 1. The van der Waals surface area contributed by atoms with Crippen molar-refractivity contribution in [2.45, 2.75) is 0 Å². The molecule has 0 atom stereocenters. The number of nitrogens with zero attached hydrogens (tertiary/aromatic N) is 1. The highest BCUT2D eigenvalue weighted by Crippen LogP contribution is 2.21. The van der Waals surface area contributed by atoms with Gasteiger partial charge in [0.15, 0.2) is 0 Å². The molecule has 2 rings (SSSR count). The van der Waals surface area contributed by atoms with E-state index in [1.54, 1.807) is 18.2 Å². The van der Waals surface area contributed by atoms with Gasteiger partial charge in [0.1, 0.15) is 0 Å². The molecule has 5 nitrogen and oxygen atoms in total. The van der Waals surface area contributed by atoms with Gasteiger partial charge in [0.05, 0.1) is 22.2 Å². The van der Waals surface area contributed by atoms with Crippen LogP contribution in [0.4, 0.5) is 5.69 Å². The summed E-state index contributed by atoms with van der Waals surface area (Å²) in [6, 6.07) is 12.3. The van der Waals surface area contributed by atoms with Gasteiger partial charge in [-0.15, -0.1) is 0 Å². The lowest BCUT2D eigenvalue weighted by molar-refractivity contribution is 0.0696. The third-order valence-electron chi connectivity index (χ3n) is 2.71. The maximum absolute atomic E-state index is 12.0. The molecule has 6 heteroatoms. The number of hydrogen-bond acceptors (Lipinski definition) is 3. The van der Waals surface area contributed by atoms with E-state index in [4.69, 9.17) is 22.0 Å². The van der Waals surface area contributed by atoms with Crippen molar-refractivity contribution in [3.05, 3.63) is 64.2 Å². The van der Waals surface area contributed by atoms with Crippen molar-refractivity contribution < 1.29 is 14.7 Å². The fourth-order valence-electron chi connectivity index (χ4n) is 1.70. The summed E-state index contributed by atoms with van der Waals surface area (Å²) >= 11 is 5.75. The molecule has 1 amide bonds. The molecule has 0 spiro atoms. The van der Waals surface area contributed by atoms with Crippen LogP contribution in [0.3, 0.4) is 0 Å². The van der Waals surface area contributed by atoms with Crippen molar-refractivity contribution in [3.63, 3.8) is 0 Å². The standard InChI is InChI=1S/C15H9ClN2O3/c16-13-5-4-11(7-12(13)15(20)21)18-14(19)10-3-1-2-9(6-10)8-17/h1-7H,(H,18,19)(H,20,21). The van der Waals surface area contributed by atoms with Crippen molar-refractivity contribution in [3.8, 4) is 6.07 Å². The molecule has 0 saturated carbocycles. The minimum atomic E-state index is -1.18. The third kappa shape index (κ3) is 3.38. The van der Waals surface area contributed by atoms with Gasteiger partial charge in [0.2, 0.25) is 0 Å². The van der Waals surface area contributed by atoms with Gasteiger partial charge in [-0.3, -0.25) is 4.79 Å². The zero-order valence-corrected chi connectivity index (χ0v) is 11.4. The molecule has 0 unspecified atom stereocenters. The number of carboxylic acids is 1. The number of benzene rings is 2. The minimum Gasteiger partial charge on any atom is -0.478 e. The number of nitriles is 1. The summed E-state index contributed by atoms with van der Waals surface area (Å²) in [5.74, 6) is -1.62. The van der Waals surface area contributed by atoms with E-state index < -0.39 is 11.9 Å². The third-order valence-corrected chi connectivity index (χ3v) is 3.04. The quantitative estimate of drug-likeness (QED) is 0.911. The van der Waals surface area contributed by atoms with Gasteiger partial charge in [-0.25, -0.2) is 4.79 Å². The molecule has 2 N–H and O–H groups in total. The van der Waals surface area contributed by atoms with E-state index in [9.17, 15) is 9.59 Å². The van der Waals surface area contributed by atoms with Crippen LogP contribution in [0, 0.1) is 11.3 Å². The zero-order chi connectivity index (χ0) is 15.4. The van der Waals surface area contributed by atoms with Crippen molar-refractivity contribution in [1.82, 2.24) is 0 Å². The molecular weight excluding hydrogens is 292 g/mol. The number of rotatable bonds is 3. The van der Waals surface area contributed by atoms with Crippen molar-refractivity contribution >= 4 is 29.2 Å². The van der Waals surface area contributed by atoms with E-state index in [-0.39, 0.29) is 10.6 Å². The maximum atomic E-state index is 12.0. The Morgan fingerprint density at radius 2 is 1.95 bits per heavy atom. The van der Waals surface area contributed by atoms with Gasteiger partial charge in [-0.05, 0) is 36.4 Å². The van der Waals surface area contributed by atoms with Crippen molar-refractivity contribution in [2.75, 3.05) is 5.32 Å². The van der Waals surface area contributed by atoms with Crippen LogP contribution in [0.25, 0.3) is 0 Å². The Bertz CT molecular complexity index is 766. The molecule has 0 aromatic heterocycles. The van der Waals surface area contributed by atoms with Crippen LogP contribution in [0.15, 0.2) is 42.5 Å². The molecular formula is C15H9ClN2O3. The SMILES string of the molecule is N#Cc1cccc(C(=O)Nc2ccc(Cl)c(C(=O)O)c2)c1. The smallest absolute Gasteiger partial charge is 0.337 e. The predicted octanol–water partition coefficient (Wildman–Crippen LogP) is 3.16. The first-order valence-corrected chi connectivity index (χ1v) is 6.23.